The summed E-state index contributed by atoms with van der Waals surface area (Å²) in [5, 5.41) is 17.1. The Labute approximate surface area is 187 Å². The van der Waals surface area contributed by atoms with Gasteiger partial charge in [0.2, 0.25) is 0 Å². The van der Waals surface area contributed by atoms with E-state index in [0.717, 1.165) is 12.0 Å². The number of nitrogens with one attached hydrogen (secondary N) is 2. The molecule has 3 aromatic carbocycles. The molecule has 0 unspecified atom stereocenters. The van der Waals surface area contributed by atoms with Crippen molar-refractivity contribution in [2.75, 3.05) is 24.7 Å². The van der Waals surface area contributed by atoms with Crippen LogP contribution in [-0.2, 0) is 5.54 Å². The molecule has 3 N–H and O–H groups in total. The van der Waals surface area contributed by atoms with Crippen molar-refractivity contribution in [1.29, 1.82) is 0 Å². The second-order valence-electron chi connectivity index (χ2n) is 7.78. The summed E-state index contributed by atoms with van der Waals surface area (Å²) in [6, 6.07) is 9.40. The maximum Gasteiger partial charge on any atom is 0.253 e. The van der Waals surface area contributed by atoms with E-state index in [9.17, 15) is 19.1 Å². The normalized spacial score (nSPS) is 15.1. The lowest BCUT2D eigenvalue weighted by Crippen LogP contribution is -2.47. The highest BCUT2D eigenvalue weighted by atomic mass is 35.5. The number of nitrogens with zero attached hydrogens (tertiary/aromatic N) is 1. The molecular weight excluding hydrogens is 441 g/mol. The second-order valence-corrected chi connectivity index (χ2v) is 9.51. The molecule has 0 radical (unpaired) electrons. The first kappa shape index (κ1) is 21.7. The van der Waals surface area contributed by atoms with Crippen molar-refractivity contribution in [2.24, 2.45) is 0 Å². The molecule has 0 heterocycles. The average molecular weight is 462 g/mol. The number of anilines is 3. The molecule has 0 spiro atoms. The minimum atomic E-state index is -0.674. The zero-order valence-corrected chi connectivity index (χ0v) is 18.5. The van der Waals surface area contributed by atoms with E-state index in [1.54, 1.807) is 22.5 Å². The van der Waals surface area contributed by atoms with E-state index in [2.05, 4.69) is 10.6 Å². The predicted octanol–water partition coefficient (Wildman–Crippen LogP) is 4.58. The van der Waals surface area contributed by atoms with Crippen LogP contribution in [0.15, 0.2) is 50.9 Å². The van der Waals surface area contributed by atoms with Crippen LogP contribution in [0.1, 0.15) is 24.8 Å². The maximum atomic E-state index is 13.8. The van der Waals surface area contributed by atoms with E-state index in [0.29, 0.717) is 22.8 Å². The average Bonchev–Trinajstić information content (AvgIpc) is 2.70. The molecule has 0 aliphatic heterocycles. The summed E-state index contributed by atoms with van der Waals surface area (Å²) in [5.74, 6) is -0.473. The van der Waals surface area contributed by atoms with Gasteiger partial charge < -0.3 is 15.7 Å². The standard InChI is InChI=1S/C22H21ClFN3O3S/c1-27(2)31-21-14(23)7-8-15(18(21)28)25-16-17(20(30)19(16)29)26-22(9-4-10-22)12-5-3-6-13(24)11-12/h3,5-8,11,25-26,28H,4,9-10H2,1-2H3. The van der Waals surface area contributed by atoms with Gasteiger partial charge in [-0.15, -0.1) is 0 Å². The Balaban J connectivity index is 1.66. The Hall–Kier alpha value is -2.55. The Bertz CT molecular complexity index is 1220. The van der Waals surface area contributed by atoms with Crippen molar-refractivity contribution in [1.82, 2.24) is 4.31 Å². The highest BCUT2D eigenvalue weighted by molar-refractivity contribution is 7.97. The van der Waals surface area contributed by atoms with Crippen molar-refractivity contribution in [3.05, 3.63) is 73.2 Å². The zero-order valence-electron chi connectivity index (χ0n) is 17.0. The molecule has 0 atom stereocenters. The zero-order chi connectivity index (χ0) is 22.3. The smallest absolute Gasteiger partial charge is 0.253 e. The molecule has 0 amide bonds. The van der Waals surface area contributed by atoms with Crippen LogP contribution in [0.3, 0.4) is 0 Å². The van der Waals surface area contributed by atoms with Crippen LogP contribution >= 0.6 is 23.5 Å². The maximum absolute atomic E-state index is 13.8. The van der Waals surface area contributed by atoms with Gasteiger partial charge in [0.1, 0.15) is 17.2 Å². The summed E-state index contributed by atoms with van der Waals surface area (Å²) < 4.78 is 15.6. The van der Waals surface area contributed by atoms with Gasteiger partial charge in [-0.2, -0.15) is 0 Å². The number of hydrogen-bond donors (Lipinski definition) is 3. The third-order valence-electron chi connectivity index (χ3n) is 5.48. The molecule has 0 saturated heterocycles. The summed E-state index contributed by atoms with van der Waals surface area (Å²) in [7, 11) is 3.62. The fraction of sp³-hybridized carbons (Fsp3) is 0.273. The molecule has 1 saturated carbocycles. The molecule has 0 aromatic heterocycles. The number of halogens is 2. The van der Waals surface area contributed by atoms with E-state index in [-0.39, 0.29) is 28.6 Å². The fourth-order valence-electron chi connectivity index (χ4n) is 3.72. The third-order valence-corrected chi connectivity index (χ3v) is 6.86. The van der Waals surface area contributed by atoms with Gasteiger partial charge in [0.25, 0.3) is 10.9 Å². The van der Waals surface area contributed by atoms with Crippen LogP contribution in [0.25, 0.3) is 0 Å². The molecule has 3 aromatic rings. The van der Waals surface area contributed by atoms with E-state index < -0.39 is 16.4 Å². The lowest BCUT2D eigenvalue weighted by Gasteiger charge is -2.44. The Morgan fingerprint density at radius 1 is 1.13 bits per heavy atom. The summed E-state index contributed by atoms with van der Waals surface area (Å²) >= 11 is 7.43. The van der Waals surface area contributed by atoms with E-state index >= 15 is 0 Å². The molecule has 1 aliphatic rings. The molecular formula is C22H21ClFN3O3S. The van der Waals surface area contributed by atoms with Crippen LogP contribution in [0, 0.1) is 5.82 Å². The Kier molecular flexibility index (Phi) is 5.72. The highest BCUT2D eigenvalue weighted by Crippen LogP contribution is 2.46. The molecule has 6 nitrogen and oxygen atoms in total. The van der Waals surface area contributed by atoms with E-state index in [1.807, 2.05) is 20.2 Å². The number of rotatable bonds is 7. The van der Waals surface area contributed by atoms with Gasteiger partial charge in [-0.1, -0.05) is 23.7 Å². The van der Waals surface area contributed by atoms with Gasteiger partial charge >= 0.3 is 0 Å². The number of phenols is 1. The van der Waals surface area contributed by atoms with Crippen LogP contribution in [-0.4, -0.2) is 23.5 Å². The van der Waals surface area contributed by atoms with Crippen LogP contribution in [0.4, 0.5) is 21.5 Å². The van der Waals surface area contributed by atoms with Gasteiger partial charge in [-0.3, -0.25) is 13.9 Å². The first-order valence-corrected chi connectivity index (χ1v) is 10.9. The van der Waals surface area contributed by atoms with Crippen molar-refractivity contribution in [2.45, 2.75) is 29.7 Å². The van der Waals surface area contributed by atoms with Gasteiger partial charge in [0, 0.05) is 0 Å². The topological polar surface area (TPSA) is 81.7 Å². The fourth-order valence-corrected chi connectivity index (χ4v) is 4.70. The van der Waals surface area contributed by atoms with Crippen LogP contribution in [0.2, 0.25) is 5.02 Å². The molecule has 162 valence electrons. The van der Waals surface area contributed by atoms with Crippen molar-refractivity contribution >= 4 is 40.6 Å². The summed E-state index contributed by atoms with van der Waals surface area (Å²) in [5.41, 5.74) is -0.700. The van der Waals surface area contributed by atoms with E-state index in [1.165, 1.54) is 24.1 Å². The lowest BCUT2D eigenvalue weighted by molar-refractivity contribution is 0.283. The first-order valence-electron chi connectivity index (χ1n) is 9.73. The number of aromatic hydroxyl groups is 1. The van der Waals surface area contributed by atoms with Crippen molar-refractivity contribution in [3.63, 3.8) is 0 Å². The molecule has 31 heavy (non-hydrogen) atoms. The van der Waals surface area contributed by atoms with Gasteiger partial charge in [0.15, 0.2) is 5.75 Å². The summed E-state index contributed by atoms with van der Waals surface area (Å²) in [4.78, 5) is 25.1. The minimum absolute atomic E-state index is 0.0751. The Morgan fingerprint density at radius 3 is 2.45 bits per heavy atom. The number of benzene rings is 2. The van der Waals surface area contributed by atoms with Gasteiger partial charge in [-0.05, 0) is 75.1 Å². The van der Waals surface area contributed by atoms with Crippen LogP contribution in [0.5, 0.6) is 5.75 Å². The van der Waals surface area contributed by atoms with Crippen molar-refractivity contribution in [3.8, 4) is 5.75 Å². The van der Waals surface area contributed by atoms with Crippen LogP contribution < -0.4 is 21.5 Å². The van der Waals surface area contributed by atoms with Gasteiger partial charge in [-0.25, -0.2) is 4.39 Å². The molecule has 1 fully saturated rings. The second kappa shape index (κ2) is 8.18. The first-order chi connectivity index (χ1) is 14.7. The molecule has 9 heteroatoms. The summed E-state index contributed by atoms with van der Waals surface area (Å²) in [6.07, 6.45) is 2.35. The predicted molar refractivity (Wildman–Crippen MR) is 123 cm³/mol. The lowest BCUT2D eigenvalue weighted by atomic mass is 9.71. The SMILES string of the molecule is CN(C)Sc1c(Cl)ccc(Nc2c(NC3(c4cccc(F)c4)CCC3)c(=O)c2=O)c1O. The molecule has 4 rings (SSSR count). The summed E-state index contributed by atoms with van der Waals surface area (Å²) in [6.45, 7) is 0. The Morgan fingerprint density at radius 2 is 1.84 bits per heavy atom. The van der Waals surface area contributed by atoms with Gasteiger partial charge in [0.05, 0.1) is 21.1 Å². The molecule has 1 aliphatic carbocycles. The quantitative estimate of drug-likeness (QED) is 0.270. The number of phenolic OH excluding ortho intramolecular Hbond substituents is 1. The van der Waals surface area contributed by atoms with Crippen molar-refractivity contribution < 1.29 is 9.50 Å². The third kappa shape index (κ3) is 3.91. The largest absolute Gasteiger partial charge is 0.505 e. The monoisotopic (exact) mass is 461 g/mol. The number of hydrogen-bond acceptors (Lipinski definition) is 7. The van der Waals surface area contributed by atoms with E-state index in [4.69, 9.17) is 11.6 Å². The minimum Gasteiger partial charge on any atom is -0.505 e. The highest BCUT2D eigenvalue weighted by Gasteiger charge is 2.41. The molecule has 0 bridgehead atoms.